The standard InChI is InChI=1S/C9H8Cl2F3NO/c1-8(16,9(12,13)14)4-2-5(10)7(15)6(11)3-4/h2-3,16H,15H2,1H3. The van der Waals surface area contributed by atoms with E-state index >= 15 is 0 Å². The van der Waals surface area contributed by atoms with Crippen molar-refractivity contribution in [2.45, 2.75) is 18.7 Å². The Balaban J connectivity index is 3.35. The van der Waals surface area contributed by atoms with E-state index in [0.717, 1.165) is 12.1 Å². The molecule has 16 heavy (non-hydrogen) atoms. The van der Waals surface area contributed by atoms with Crippen LogP contribution in [-0.2, 0) is 5.60 Å². The van der Waals surface area contributed by atoms with Gasteiger partial charge in [-0.15, -0.1) is 0 Å². The van der Waals surface area contributed by atoms with Crippen LogP contribution in [0.4, 0.5) is 18.9 Å². The van der Waals surface area contributed by atoms with Gasteiger partial charge in [0.2, 0.25) is 0 Å². The van der Waals surface area contributed by atoms with Gasteiger partial charge in [0.25, 0.3) is 0 Å². The molecule has 1 aromatic carbocycles. The molecule has 0 heterocycles. The van der Waals surface area contributed by atoms with E-state index in [1.165, 1.54) is 0 Å². The third kappa shape index (κ3) is 2.21. The summed E-state index contributed by atoms with van der Waals surface area (Å²) in [5.74, 6) is 0. The summed E-state index contributed by atoms with van der Waals surface area (Å²) >= 11 is 11.2. The first-order valence-electron chi connectivity index (χ1n) is 4.11. The van der Waals surface area contributed by atoms with Crippen LogP contribution in [0.1, 0.15) is 12.5 Å². The first-order chi connectivity index (χ1) is 7.07. The van der Waals surface area contributed by atoms with Gasteiger partial charge in [0, 0.05) is 0 Å². The molecule has 1 aromatic rings. The normalized spacial score (nSPS) is 15.9. The van der Waals surface area contributed by atoms with E-state index in [2.05, 4.69) is 0 Å². The Morgan fingerprint density at radius 1 is 1.19 bits per heavy atom. The molecule has 0 aliphatic heterocycles. The summed E-state index contributed by atoms with van der Waals surface area (Å²) in [5.41, 5.74) is 1.88. The fraction of sp³-hybridized carbons (Fsp3) is 0.333. The summed E-state index contributed by atoms with van der Waals surface area (Å²) in [7, 11) is 0. The van der Waals surface area contributed by atoms with E-state index in [0.29, 0.717) is 6.92 Å². The molecule has 7 heteroatoms. The Hall–Kier alpha value is -0.650. The Morgan fingerprint density at radius 3 is 1.88 bits per heavy atom. The number of hydrogen-bond acceptors (Lipinski definition) is 2. The van der Waals surface area contributed by atoms with Crippen molar-refractivity contribution in [3.05, 3.63) is 27.7 Å². The van der Waals surface area contributed by atoms with Crippen molar-refractivity contribution < 1.29 is 18.3 Å². The van der Waals surface area contributed by atoms with Gasteiger partial charge in [0.05, 0.1) is 15.7 Å². The minimum absolute atomic E-state index is 0.0231. The van der Waals surface area contributed by atoms with Crippen LogP contribution in [0.3, 0.4) is 0 Å². The lowest BCUT2D eigenvalue weighted by Crippen LogP contribution is -2.39. The highest BCUT2D eigenvalue weighted by Crippen LogP contribution is 2.41. The molecule has 1 atom stereocenters. The predicted molar refractivity (Wildman–Crippen MR) is 56.5 cm³/mol. The second-order valence-electron chi connectivity index (χ2n) is 3.42. The van der Waals surface area contributed by atoms with Crippen molar-refractivity contribution in [1.82, 2.24) is 0 Å². The molecule has 0 bridgehead atoms. The molecule has 3 N–H and O–H groups in total. The van der Waals surface area contributed by atoms with E-state index in [1.807, 2.05) is 0 Å². The highest BCUT2D eigenvalue weighted by molar-refractivity contribution is 6.38. The smallest absolute Gasteiger partial charge is 0.396 e. The fourth-order valence-corrected chi connectivity index (χ4v) is 1.52. The van der Waals surface area contributed by atoms with Crippen LogP contribution in [0.25, 0.3) is 0 Å². The minimum atomic E-state index is -4.82. The molecule has 0 spiro atoms. The molecule has 0 aromatic heterocycles. The lowest BCUT2D eigenvalue weighted by atomic mass is 9.95. The summed E-state index contributed by atoms with van der Waals surface area (Å²) < 4.78 is 37.5. The van der Waals surface area contributed by atoms with Crippen LogP contribution in [0.15, 0.2) is 12.1 Å². The number of anilines is 1. The summed E-state index contributed by atoms with van der Waals surface area (Å²) in [6, 6.07) is 1.88. The highest BCUT2D eigenvalue weighted by atomic mass is 35.5. The number of halogens is 5. The van der Waals surface area contributed by atoms with Crippen molar-refractivity contribution in [2.24, 2.45) is 0 Å². The first kappa shape index (κ1) is 13.4. The SMILES string of the molecule is CC(O)(c1cc(Cl)c(N)c(Cl)c1)C(F)(F)F. The van der Waals surface area contributed by atoms with Crippen molar-refractivity contribution in [2.75, 3.05) is 5.73 Å². The number of nitrogen functional groups attached to an aromatic ring is 1. The van der Waals surface area contributed by atoms with Crippen LogP contribution in [0, 0.1) is 0 Å². The summed E-state index contributed by atoms with van der Waals surface area (Å²) in [6.45, 7) is 0.616. The second kappa shape index (κ2) is 3.98. The molecule has 90 valence electrons. The Kier molecular flexibility index (Phi) is 3.34. The Morgan fingerprint density at radius 2 is 1.56 bits per heavy atom. The van der Waals surface area contributed by atoms with Crippen molar-refractivity contribution in [3.8, 4) is 0 Å². The average Bonchev–Trinajstić information content (AvgIpc) is 2.11. The number of aliphatic hydroxyl groups is 1. The number of rotatable bonds is 1. The van der Waals surface area contributed by atoms with Crippen LogP contribution in [0.2, 0.25) is 10.0 Å². The van der Waals surface area contributed by atoms with Gasteiger partial charge in [-0.05, 0) is 24.6 Å². The molecule has 1 rings (SSSR count). The van der Waals surface area contributed by atoms with Gasteiger partial charge in [-0.2, -0.15) is 13.2 Å². The zero-order valence-corrected chi connectivity index (χ0v) is 9.58. The van der Waals surface area contributed by atoms with Gasteiger partial charge in [-0.25, -0.2) is 0 Å². The molecule has 0 saturated heterocycles. The summed E-state index contributed by atoms with van der Waals surface area (Å²) in [5, 5.41) is 9.11. The Labute approximate surface area is 99.8 Å². The van der Waals surface area contributed by atoms with E-state index in [-0.39, 0.29) is 15.7 Å². The third-order valence-corrected chi connectivity index (χ3v) is 2.82. The van der Waals surface area contributed by atoms with Crippen molar-refractivity contribution >= 4 is 28.9 Å². The molecule has 2 nitrogen and oxygen atoms in total. The summed E-state index contributed by atoms with van der Waals surface area (Å²) in [4.78, 5) is 0. The third-order valence-electron chi connectivity index (χ3n) is 2.19. The molecule has 0 aliphatic carbocycles. The van der Waals surface area contributed by atoms with E-state index in [9.17, 15) is 18.3 Å². The van der Waals surface area contributed by atoms with E-state index in [4.69, 9.17) is 28.9 Å². The first-order valence-corrected chi connectivity index (χ1v) is 4.87. The molecule has 0 saturated carbocycles. The number of nitrogens with two attached hydrogens (primary N) is 1. The Bertz CT molecular complexity index is 395. The van der Waals surface area contributed by atoms with Crippen LogP contribution < -0.4 is 5.73 Å². The summed E-state index contributed by atoms with van der Waals surface area (Å²) in [6.07, 6.45) is -4.82. The topological polar surface area (TPSA) is 46.2 Å². The molecule has 0 amide bonds. The van der Waals surface area contributed by atoms with Gasteiger partial charge < -0.3 is 10.8 Å². The maximum absolute atomic E-state index is 12.5. The highest BCUT2D eigenvalue weighted by Gasteiger charge is 2.51. The van der Waals surface area contributed by atoms with Gasteiger partial charge in [0.15, 0.2) is 5.60 Å². The van der Waals surface area contributed by atoms with Crippen LogP contribution in [0.5, 0.6) is 0 Å². The maximum Gasteiger partial charge on any atom is 0.421 e. The fourth-order valence-electron chi connectivity index (χ4n) is 1.03. The molecule has 0 fully saturated rings. The van der Waals surface area contributed by atoms with Crippen molar-refractivity contribution in [3.63, 3.8) is 0 Å². The molecular formula is C9H8Cl2F3NO. The monoisotopic (exact) mass is 273 g/mol. The zero-order chi connectivity index (χ0) is 12.7. The van der Waals surface area contributed by atoms with Gasteiger partial charge in [0.1, 0.15) is 0 Å². The molecule has 0 radical (unpaired) electrons. The quantitative estimate of drug-likeness (QED) is 0.771. The van der Waals surface area contributed by atoms with E-state index < -0.39 is 17.3 Å². The van der Waals surface area contributed by atoms with Crippen LogP contribution in [-0.4, -0.2) is 11.3 Å². The average molecular weight is 274 g/mol. The zero-order valence-electron chi connectivity index (χ0n) is 8.07. The van der Waals surface area contributed by atoms with Crippen molar-refractivity contribution in [1.29, 1.82) is 0 Å². The van der Waals surface area contributed by atoms with Gasteiger partial charge >= 0.3 is 6.18 Å². The molecule has 1 unspecified atom stereocenters. The number of alkyl halides is 3. The second-order valence-corrected chi connectivity index (χ2v) is 4.24. The minimum Gasteiger partial charge on any atom is -0.396 e. The predicted octanol–water partition coefficient (Wildman–Crippen LogP) is 3.35. The van der Waals surface area contributed by atoms with Crippen LogP contribution >= 0.6 is 23.2 Å². The maximum atomic E-state index is 12.5. The molecular weight excluding hydrogens is 266 g/mol. The largest absolute Gasteiger partial charge is 0.421 e. The number of benzene rings is 1. The molecule has 0 aliphatic rings. The van der Waals surface area contributed by atoms with Gasteiger partial charge in [-0.3, -0.25) is 0 Å². The van der Waals surface area contributed by atoms with E-state index in [1.54, 1.807) is 0 Å². The lowest BCUT2D eigenvalue weighted by molar-refractivity contribution is -0.258. The lowest BCUT2D eigenvalue weighted by Gasteiger charge is -2.27. The van der Waals surface area contributed by atoms with Gasteiger partial charge in [-0.1, -0.05) is 23.2 Å². The number of hydrogen-bond donors (Lipinski definition) is 2.